The van der Waals surface area contributed by atoms with Gasteiger partial charge in [-0.15, -0.1) is 0 Å². The van der Waals surface area contributed by atoms with Crippen LogP contribution in [0.4, 0.5) is 0 Å². The van der Waals surface area contributed by atoms with Crippen molar-refractivity contribution in [2.45, 2.75) is 58.4 Å². The largest absolute Gasteiger partial charge is 0.261 e. The normalized spacial score (nSPS) is 17.8. The molecule has 2 rings (SSSR count). The van der Waals surface area contributed by atoms with Crippen molar-refractivity contribution < 1.29 is 0 Å². The van der Waals surface area contributed by atoms with Crippen molar-refractivity contribution in [2.24, 2.45) is 0 Å². The molecule has 0 aliphatic heterocycles. The molecule has 0 amide bonds. The molecule has 0 bridgehead atoms. The number of hydrogen-bond acceptors (Lipinski definition) is 1. The molecule has 2 nitrogen and oxygen atoms in total. The predicted molar refractivity (Wildman–Crippen MR) is 76.0 cm³/mol. The predicted octanol–water partition coefficient (Wildman–Crippen LogP) is 4.96. The highest BCUT2D eigenvalue weighted by Gasteiger charge is 2.17. The molecule has 1 aliphatic carbocycles. The molecular formula is C14H21BrN2. The van der Waals surface area contributed by atoms with E-state index >= 15 is 0 Å². The Morgan fingerprint density at radius 2 is 1.94 bits per heavy atom. The number of halogens is 1. The second kappa shape index (κ2) is 5.85. The lowest BCUT2D eigenvalue weighted by Crippen LogP contribution is -2.11. The third-order valence-corrected chi connectivity index (χ3v) is 3.73. The molecule has 1 heterocycles. The smallest absolute Gasteiger partial charge is 0.128 e. The zero-order valence-corrected chi connectivity index (χ0v) is 12.3. The van der Waals surface area contributed by atoms with E-state index in [0.717, 1.165) is 4.60 Å². The summed E-state index contributed by atoms with van der Waals surface area (Å²) in [4.78, 5) is 0. The third-order valence-electron chi connectivity index (χ3n) is 3.34. The molecule has 94 valence electrons. The van der Waals surface area contributed by atoms with Crippen LogP contribution < -0.4 is 0 Å². The van der Waals surface area contributed by atoms with E-state index < -0.39 is 0 Å². The van der Waals surface area contributed by atoms with Gasteiger partial charge in [-0.2, -0.15) is 5.10 Å². The van der Waals surface area contributed by atoms with Crippen LogP contribution >= 0.6 is 15.9 Å². The Morgan fingerprint density at radius 1 is 1.29 bits per heavy atom. The van der Waals surface area contributed by atoms with E-state index in [1.165, 1.54) is 49.8 Å². The first-order valence-corrected chi connectivity index (χ1v) is 7.36. The molecule has 0 saturated heterocycles. The van der Waals surface area contributed by atoms with Gasteiger partial charge in [0.05, 0.1) is 11.7 Å². The lowest BCUT2D eigenvalue weighted by atomic mass is 10.1. The van der Waals surface area contributed by atoms with E-state index in [1.807, 2.05) is 0 Å². The number of hydrogen-bond donors (Lipinski definition) is 0. The van der Waals surface area contributed by atoms with Crippen molar-refractivity contribution in [3.63, 3.8) is 0 Å². The van der Waals surface area contributed by atoms with Crippen LogP contribution in [-0.4, -0.2) is 9.78 Å². The van der Waals surface area contributed by atoms with Gasteiger partial charge in [0.2, 0.25) is 0 Å². The first kappa shape index (κ1) is 12.9. The maximum absolute atomic E-state index is 4.62. The Balaban J connectivity index is 2.26. The SMILES string of the molecule is CC(C)=Cc1cc(Br)nn1C1CCCCCC1. The van der Waals surface area contributed by atoms with Gasteiger partial charge in [0, 0.05) is 0 Å². The third kappa shape index (κ3) is 3.44. The van der Waals surface area contributed by atoms with Gasteiger partial charge in [0.25, 0.3) is 0 Å². The van der Waals surface area contributed by atoms with Gasteiger partial charge in [-0.3, -0.25) is 4.68 Å². The molecule has 17 heavy (non-hydrogen) atoms. The zero-order chi connectivity index (χ0) is 12.3. The summed E-state index contributed by atoms with van der Waals surface area (Å²) < 4.78 is 3.18. The molecular weight excluding hydrogens is 276 g/mol. The quantitative estimate of drug-likeness (QED) is 0.705. The average molecular weight is 297 g/mol. The minimum absolute atomic E-state index is 0.592. The number of rotatable bonds is 2. The van der Waals surface area contributed by atoms with Crippen LogP contribution in [-0.2, 0) is 0 Å². The summed E-state index contributed by atoms with van der Waals surface area (Å²) in [6.45, 7) is 4.27. The van der Waals surface area contributed by atoms with Crippen molar-refractivity contribution in [2.75, 3.05) is 0 Å². The average Bonchev–Trinajstić information content (AvgIpc) is 2.52. The van der Waals surface area contributed by atoms with E-state index in [1.54, 1.807) is 0 Å². The van der Waals surface area contributed by atoms with E-state index in [0.29, 0.717) is 6.04 Å². The topological polar surface area (TPSA) is 17.8 Å². The summed E-state index contributed by atoms with van der Waals surface area (Å²) in [5, 5.41) is 4.62. The monoisotopic (exact) mass is 296 g/mol. The fourth-order valence-corrected chi connectivity index (χ4v) is 2.98. The van der Waals surface area contributed by atoms with E-state index in [-0.39, 0.29) is 0 Å². The second-order valence-electron chi connectivity index (χ2n) is 5.20. The summed E-state index contributed by atoms with van der Waals surface area (Å²) in [7, 11) is 0. The van der Waals surface area contributed by atoms with Crippen molar-refractivity contribution in [3.05, 3.63) is 21.9 Å². The summed E-state index contributed by atoms with van der Waals surface area (Å²) >= 11 is 3.50. The molecule has 1 aromatic rings. The van der Waals surface area contributed by atoms with Gasteiger partial charge in [-0.1, -0.05) is 31.3 Å². The fraction of sp³-hybridized carbons (Fsp3) is 0.643. The standard InChI is InChI=1S/C14H21BrN2/c1-11(2)9-13-10-14(15)16-17(13)12-7-5-3-4-6-8-12/h9-10,12H,3-8H2,1-2H3. The molecule has 1 aromatic heterocycles. The first-order chi connectivity index (χ1) is 8.16. The first-order valence-electron chi connectivity index (χ1n) is 6.57. The van der Waals surface area contributed by atoms with Gasteiger partial charge >= 0.3 is 0 Å². The summed E-state index contributed by atoms with van der Waals surface area (Å²) in [6, 6.07) is 2.71. The molecule has 0 unspecified atom stereocenters. The van der Waals surface area contributed by atoms with Crippen LogP contribution in [0, 0.1) is 0 Å². The number of allylic oxidation sites excluding steroid dienone is 1. The Morgan fingerprint density at radius 3 is 2.53 bits per heavy atom. The molecule has 1 fully saturated rings. The van der Waals surface area contributed by atoms with E-state index in [2.05, 4.69) is 51.7 Å². The Labute approximate surface area is 112 Å². The van der Waals surface area contributed by atoms with E-state index in [9.17, 15) is 0 Å². The minimum Gasteiger partial charge on any atom is -0.261 e. The highest BCUT2D eigenvalue weighted by atomic mass is 79.9. The summed E-state index contributed by atoms with van der Waals surface area (Å²) in [5.74, 6) is 0. The van der Waals surface area contributed by atoms with Crippen LogP contribution in [0.25, 0.3) is 6.08 Å². The molecule has 0 N–H and O–H groups in total. The molecule has 0 atom stereocenters. The summed E-state index contributed by atoms with van der Waals surface area (Å²) in [5.41, 5.74) is 2.57. The van der Waals surface area contributed by atoms with Crippen LogP contribution in [0.5, 0.6) is 0 Å². The van der Waals surface area contributed by atoms with Crippen molar-refractivity contribution >= 4 is 22.0 Å². The van der Waals surface area contributed by atoms with E-state index in [4.69, 9.17) is 0 Å². The molecule has 3 heteroatoms. The highest BCUT2D eigenvalue weighted by Crippen LogP contribution is 2.29. The molecule has 0 radical (unpaired) electrons. The molecule has 1 saturated carbocycles. The summed E-state index contributed by atoms with van der Waals surface area (Å²) in [6.07, 6.45) is 10.2. The van der Waals surface area contributed by atoms with Crippen LogP contribution in [0.3, 0.4) is 0 Å². The molecule has 0 spiro atoms. The van der Waals surface area contributed by atoms with Gasteiger partial charge in [-0.25, -0.2) is 0 Å². The lowest BCUT2D eigenvalue weighted by molar-refractivity contribution is 0.402. The Hall–Kier alpha value is -0.570. The van der Waals surface area contributed by atoms with Crippen LogP contribution in [0.1, 0.15) is 64.1 Å². The molecule has 0 aromatic carbocycles. The minimum atomic E-state index is 0.592. The van der Waals surface area contributed by atoms with Crippen LogP contribution in [0.2, 0.25) is 0 Å². The van der Waals surface area contributed by atoms with Gasteiger partial charge in [-0.05, 0) is 54.8 Å². The highest BCUT2D eigenvalue weighted by molar-refractivity contribution is 9.10. The zero-order valence-electron chi connectivity index (χ0n) is 10.7. The number of nitrogens with zero attached hydrogens (tertiary/aromatic N) is 2. The second-order valence-corrected chi connectivity index (χ2v) is 6.02. The van der Waals surface area contributed by atoms with Crippen molar-refractivity contribution in [1.29, 1.82) is 0 Å². The Bertz CT molecular complexity index is 394. The number of aromatic nitrogens is 2. The Kier molecular flexibility index (Phi) is 4.43. The van der Waals surface area contributed by atoms with Crippen LogP contribution in [0.15, 0.2) is 16.2 Å². The fourth-order valence-electron chi connectivity index (χ4n) is 2.58. The van der Waals surface area contributed by atoms with Gasteiger partial charge < -0.3 is 0 Å². The maximum atomic E-state index is 4.62. The van der Waals surface area contributed by atoms with Crippen molar-refractivity contribution in [3.8, 4) is 0 Å². The lowest BCUT2D eigenvalue weighted by Gasteiger charge is -2.16. The van der Waals surface area contributed by atoms with Crippen molar-refractivity contribution in [1.82, 2.24) is 9.78 Å². The molecule has 1 aliphatic rings. The maximum Gasteiger partial charge on any atom is 0.128 e. The van der Waals surface area contributed by atoms with Gasteiger partial charge in [0.1, 0.15) is 4.60 Å². The van der Waals surface area contributed by atoms with Gasteiger partial charge in [0.15, 0.2) is 0 Å².